The molecule has 1 aliphatic rings. The molecule has 0 radical (unpaired) electrons. The van der Waals surface area contributed by atoms with Gasteiger partial charge in [0.25, 0.3) is 5.56 Å². The van der Waals surface area contributed by atoms with Gasteiger partial charge in [0, 0.05) is 31.4 Å². The number of nitrogens with zero attached hydrogens (tertiary/aromatic N) is 1. The zero-order valence-electron chi connectivity index (χ0n) is 13.4. The molecule has 1 N–H and O–H groups in total. The van der Waals surface area contributed by atoms with E-state index in [4.69, 9.17) is 16.3 Å². The molecule has 1 aromatic carbocycles. The topological polar surface area (TPSA) is 45.3 Å². The Labute approximate surface area is 147 Å². The van der Waals surface area contributed by atoms with Crippen molar-refractivity contribution in [2.24, 2.45) is 0 Å². The molecule has 134 valence electrons. The number of benzene rings is 1. The molecule has 3 rings (SSSR count). The highest BCUT2D eigenvalue weighted by Gasteiger charge is 2.37. The van der Waals surface area contributed by atoms with E-state index in [1.807, 2.05) is 17.9 Å². The lowest BCUT2D eigenvalue weighted by molar-refractivity contribution is -0.139. The van der Waals surface area contributed by atoms with E-state index in [0.29, 0.717) is 30.5 Å². The summed E-state index contributed by atoms with van der Waals surface area (Å²) in [6.45, 7) is 3.00. The number of hydrogen-bond acceptors (Lipinski definition) is 3. The fraction of sp³-hybridized carbons (Fsp3) is 0.353. The number of nitrogens with one attached hydrogen (secondary N) is 1. The van der Waals surface area contributed by atoms with Crippen molar-refractivity contribution in [3.63, 3.8) is 0 Å². The van der Waals surface area contributed by atoms with Crippen LogP contribution in [0.5, 0.6) is 5.75 Å². The number of ether oxygens (including phenoxy) is 1. The first kappa shape index (κ1) is 17.8. The molecule has 0 atom stereocenters. The van der Waals surface area contributed by atoms with E-state index in [1.165, 1.54) is 12.3 Å². The van der Waals surface area contributed by atoms with Gasteiger partial charge in [0.05, 0.1) is 5.02 Å². The van der Waals surface area contributed by atoms with Gasteiger partial charge in [-0.2, -0.15) is 13.2 Å². The first-order valence-corrected chi connectivity index (χ1v) is 8.05. The molecule has 25 heavy (non-hydrogen) atoms. The summed E-state index contributed by atoms with van der Waals surface area (Å²) in [7, 11) is 0. The van der Waals surface area contributed by atoms with Gasteiger partial charge in [-0.3, -0.25) is 9.69 Å². The maximum Gasteiger partial charge on any atom is 0.422 e. The number of hydrogen-bond donors (Lipinski definition) is 1. The monoisotopic (exact) mass is 372 g/mol. The van der Waals surface area contributed by atoms with Crippen LogP contribution in [0.25, 0.3) is 0 Å². The molecular weight excluding hydrogens is 357 g/mol. The average molecular weight is 373 g/mol. The molecule has 0 amide bonds. The summed E-state index contributed by atoms with van der Waals surface area (Å²) in [5.74, 6) is 0.566. The third-order valence-electron chi connectivity index (χ3n) is 4.04. The van der Waals surface area contributed by atoms with Crippen molar-refractivity contribution in [1.82, 2.24) is 9.88 Å². The van der Waals surface area contributed by atoms with Crippen molar-refractivity contribution < 1.29 is 17.9 Å². The van der Waals surface area contributed by atoms with E-state index < -0.39 is 17.3 Å². The molecular formula is C17H16ClF3N2O2. The molecule has 0 saturated carbocycles. The summed E-state index contributed by atoms with van der Waals surface area (Å²) in [5, 5.41) is 0.490. The summed E-state index contributed by atoms with van der Waals surface area (Å²) >= 11 is 6.20. The number of fused-ring (bicyclic) bond motifs is 1. The standard InChI is InChI=1S/C17H16ClF3N2O2/c1-10-6-12-9-23(4-5-25-15(12)13(18)7-10)8-11-2-3-22-16(24)14(11)17(19,20)21/h2-3,6-7H,4-5,8-9H2,1H3,(H,22,24). The van der Waals surface area contributed by atoms with Crippen LogP contribution < -0.4 is 10.3 Å². The quantitative estimate of drug-likeness (QED) is 0.873. The van der Waals surface area contributed by atoms with Crippen molar-refractivity contribution in [3.8, 4) is 5.75 Å². The van der Waals surface area contributed by atoms with Crippen LogP contribution in [-0.2, 0) is 19.3 Å². The van der Waals surface area contributed by atoms with Crippen molar-refractivity contribution >= 4 is 11.6 Å². The zero-order chi connectivity index (χ0) is 18.2. The Morgan fingerprint density at radius 1 is 1.36 bits per heavy atom. The second-order valence-electron chi connectivity index (χ2n) is 6.00. The van der Waals surface area contributed by atoms with E-state index in [1.54, 1.807) is 6.07 Å². The lowest BCUT2D eigenvalue weighted by atomic mass is 10.1. The molecule has 0 unspecified atom stereocenters. The Hall–Kier alpha value is -1.99. The van der Waals surface area contributed by atoms with Gasteiger partial charge >= 0.3 is 6.18 Å². The second-order valence-corrected chi connectivity index (χ2v) is 6.41. The van der Waals surface area contributed by atoms with Gasteiger partial charge < -0.3 is 9.72 Å². The molecule has 4 nitrogen and oxygen atoms in total. The minimum atomic E-state index is -4.70. The summed E-state index contributed by atoms with van der Waals surface area (Å²) in [5.41, 5.74) is -0.571. The largest absolute Gasteiger partial charge is 0.490 e. The summed E-state index contributed by atoms with van der Waals surface area (Å²) < 4.78 is 45.3. The third kappa shape index (κ3) is 3.82. The average Bonchev–Trinajstić information content (AvgIpc) is 2.67. The molecule has 0 aliphatic carbocycles. The minimum Gasteiger partial charge on any atom is -0.490 e. The lowest BCUT2D eigenvalue weighted by Gasteiger charge is -2.21. The maximum atomic E-state index is 13.2. The van der Waals surface area contributed by atoms with E-state index in [2.05, 4.69) is 4.98 Å². The number of aromatic amines is 1. The first-order chi connectivity index (χ1) is 11.8. The van der Waals surface area contributed by atoms with Crippen LogP contribution >= 0.6 is 11.6 Å². The molecule has 2 aromatic rings. The van der Waals surface area contributed by atoms with Gasteiger partial charge in [-0.25, -0.2) is 0 Å². The first-order valence-electron chi connectivity index (χ1n) is 7.67. The van der Waals surface area contributed by atoms with Crippen molar-refractivity contribution in [2.45, 2.75) is 26.2 Å². The predicted molar refractivity (Wildman–Crippen MR) is 87.9 cm³/mol. The maximum absolute atomic E-state index is 13.2. The normalized spacial score (nSPS) is 15.4. The fourth-order valence-electron chi connectivity index (χ4n) is 3.01. The van der Waals surface area contributed by atoms with Crippen LogP contribution in [0.4, 0.5) is 13.2 Å². The van der Waals surface area contributed by atoms with Gasteiger partial charge in [-0.15, -0.1) is 0 Å². The Morgan fingerprint density at radius 3 is 2.84 bits per heavy atom. The van der Waals surface area contributed by atoms with Crippen molar-refractivity contribution in [1.29, 1.82) is 0 Å². The highest BCUT2D eigenvalue weighted by atomic mass is 35.5. The number of rotatable bonds is 2. The molecule has 2 heterocycles. The minimum absolute atomic E-state index is 0.00682. The number of aryl methyl sites for hydroxylation is 1. The SMILES string of the molecule is Cc1cc(Cl)c2c(c1)CN(Cc1cc[nH]c(=O)c1C(F)(F)F)CCO2. The Bertz CT molecular complexity index is 849. The Balaban J connectivity index is 1.92. The van der Waals surface area contributed by atoms with Gasteiger partial charge in [-0.1, -0.05) is 17.7 Å². The number of pyridine rings is 1. The number of halogens is 4. The Morgan fingerprint density at radius 2 is 2.12 bits per heavy atom. The van der Waals surface area contributed by atoms with E-state index >= 15 is 0 Å². The number of alkyl halides is 3. The van der Waals surface area contributed by atoms with E-state index in [9.17, 15) is 18.0 Å². The van der Waals surface area contributed by atoms with Crippen LogP contribution in [-0.4, -0.2) is 23.0 Å². The molecule has 1 aliphatic heterocycles. The number of aromatic nitrogens is 1. The van der Waals surface area contributed by atoms with E-state index in [-0.39, 0.29) is 12.1 Å². The highest BCUT2D eigenvalue weighted by Crippen LogP contribution is 2.34. The summed E-state index contributed by atoms with van der Waals surface area (Å²) in [6.07, 6.45) is -3.47. The van der Waals surface area contributed by atoms with Gasteiger partial charge in [-0.05, 0) is 30.2 Å². The van der Waals surface area contributed by atoms with Gasteiger partial charge in [0.1, 0.15) is 17.9 Å². The van der Waals surface area contributed by atoms with Crippen LogP contribution in [0.2, 0.25) is 5.02 Å². The van der Waals surface area contributed by atoms with Crippen molar-refractivity contribution in [3.05, 3.63) is 62.0 Å². The third-order valence-corrected chi connectivity index (χ3v) is 4.32. The number of H-pyrrole nitrogens is 1. The molecule has 0 spiro atoms. The van der Waals surface area contributed by atoms with Crippen LogP contribution in [0.1, 0.15) is 22.3 Å². The second kappa shape index (κ2) is 6.72. The summed E-state index contributed by atoms with van der Waals surface area (Å²) in [4.78, 5) is 15.5. The molecule has 0 bridgehead atoms. The smallest absolute Gasteiger partial charge is 0.422 e. The highest BCUT2D eigenvalue weighted by molar-refractivity contribution is 6.32. The fourth-order valence-corrected chi connectivity index (χ4v) is 3.36. The van der Waals surface area contributed by atoms with Crippen LogP contribution in [0.3, 0.4) is 0 Å². The molecule has 8 heteroatoms. The molecule has 0 fully saturated rings. The molecule has 0 saturated heterocycles. The lowest BCUT2D eigenvalue weighted by Crippen LogP contribution is -2.30. The van der Waals surface area contributed by atoms with Gasteiger partial charge in [0.2, 0.25) is 0 Å². The molecule has 1 aromatic heterocycles. The van der Waals surface area contributed by atoms with Crippen LogP contribution in [0, 0.1) is 6.92 Å². The van der Waals surface area contributed by atoms with Crippen LogP contribution in [0.15, 0.2) is 29.2 Å². The Kier molecular flexibility index (Phi) is 4.79. The van der Waals surface area contributed by atoms with Gasteiger partial charge in [0.15, 0.2) is 0 Å². The van der Waals surface area contributed by atoms with E-state index in [0.717, 1.165) is 11.1 Å². The van der Waals surface area contributed by atoms with Crippen molar-refractivity contribution in [2.75, 3.05) is 13.2 Å². The zero-order valence-corrected chi connectivity index (χ0v) is 14.2. The summed E-state index contributed by atoms with van der Waals surface area (Å²) in [6, 6.07) is 4.98. The predicted octanol–water partition coefficient (Wildman–Crippen LogP) is 3.75.